The van der Waals surface area contributed by atoms with Crippen LogP contribution in [0.3, 0.4) is 0 Å². The van der Waals surface area contributed by atoms with Gasteiger partial charge in [-0.1, -0.05) is 40.5 Å². The van der Waals surface area contributed by atoms with E-state index in [9.17, 15) is 0 Å². The fourth-order valence-corrected chi connectivity index (χ4v) is 2.54. The normalized spacial score (nSPS) is 14.5. The quantitative estimate of drug-likeness (QED) is 0.656. The van der Waals surface area contributed by atoms with Crippen LogP contribution >= 0.6 is 11.3 Å². The van der Waals surface area contributed by atoms with Gasteiger partial charge >= 0.3 is 0 Å². The molecule has 0 aliphatic carbocycles. The highest BCUT2D eigenvalue weighted by molar-refractivity contribution is 7.07. The average Bonchev–Trinajstić information content (AvgIpc) is 2.68. The molecule has 0 aliphatic heterocycles. The van der Waals surface area contributed by atoms with Crippen LogP contribution in [0.1, 0.15) is 52.0 Å². The van der Waals surface area contributed by atoms with Gasteiger partial charge in [-0.05, 0) is 33.7 Å². The molecule has 0 saturated heterocycles. The van der Waals surface area contributed by atoms with Gasteiger partial charge in [-0.25, -0.2) is 0 Å². The van der Waals surface area contributed by atoms with Gasteiger partial charge in [-0.2, -0.15) is 11.3 Å². The molecule has 0 bridgehead atoms. The van der Waals surface area contributed by atoms with Crippen molar-refractivity contribution in [3.05, 3.63) is 22.4 Å². The van der Waals surface area contributed by atoms with Crippen LogP contribution < -0.4 is 0 Å². The molecule has 1 unspecified atom stereocenters. The minimum atomic E-state index is 0.473. The molecule has 0 radical (unpaired) electrons. The standard InChI is InChI=1S/C12H20S/c1-5-12(4,6-2)10(3)11-7-8-13-9-11/h7-10H,5-6H2,1-4H3. The lowest BCUT2D eigenvalue weighted by atomic mass is 9.71. The summed E-state index contributed by atoms with van der Waals surface area (Å²) in [4.78, 5) is 0. The van der Waals surface area contributed by atoms with Crippen molar-refractivity contribution >= 4 is 11.3 Å². The molecule has 13 heavy (non-hydrogen) atoms. The summed E-state index contributed by atoms with van der Waals surface area (Å²) in [5.74, 6) is 0.689. The largest absolute Gasteiger partial charge is 0.152 e. The third-order valence-corrected chi connectivity index (χ3v) is 4.41. The second-order valence-corrected chi connectivity index (χ2v) is 4.92. The molecule has 1 rings (SSSR count). The molecular weight excluding hydrogens is 176 g/mol. The Labute approximate surface area is 86.0 Å². The maximum Gasteiger partial charge on any atom is -0.00583 e. The molecule has 0 amide bonds. The SMILES string of the molecule is CCC(C)(CC)C(C)c1ccsc1. The zero-order valence-electron chi connectivity index (χ0n) is 9.13. The van der Waals surface area contributed by atoms with E-state index in [1.54, 1.807) is 11.3 Å². The Morgan fingerprint density at radius 2 is 2.00 bits per heavy atom. The van der Waals surface area contributed by atoms with Gasteiger partial charge in [0.15, 0.2) is 0 Å². The smallest absolute Gasteiger partial charge is 0.00583 e. The molecule has 1 atom stereocenters. The fourth-order valence-electron chi connectivity index (χ4n) is 1.79. The van der Waals surface area contributed by atoms with Gasteiger partial charge in [0.05, 0.1) is 0 Å². The minimum absolute atomic E-state index is 0.473. The maximum absolute atomic E-state index is 2.40. The van der Waals surface area contributed by atoms with Gasteiger partial charge in [0.2, 0.25) is 0 Å². The average molecular weight is 196 g/mol. The van der Waals surface area contributed by atoms with Gasteiger partial charge in [0.1, 0.15) is 0 Å². The summed E-state index contributed by atoms with van der Waals surface area (Å²) in [5, 5.41) is 4.46. The van der Waals surface area contributed by atoms with E-state index in [1.807, 2.05) is 0 Å². The van der Waals surface area contributed by atoms with Crippen LogP contribution in [-0.2, 0) is 0 Å². The Balaban J connectivity index is 2.82. The molecule has 1 aromatic heterocycles. The number of hydrogen-bond acceptors (Lipinski definition) is 1. The summed E-state index contributed by atoms with van der Waals surface area (Å²) in [5.41, 5.74) is 1.98. The molecule has 0 N–H and O–H groups in total. The molecule has 74 valence electrons. The van der Waals surface area contributed by atoms with E-state index in [0.717, 1.165) is 0 Å². The highest BCUT2D eigenvalue weighted by atomic mass is 32.1. The summed E-state index contributed by atoms with van der Waals surface area (Å²) in [6, 6.07) is 2.26. The Bertz CT molecular complexity index is 232. The summed E-state index contributed by atoms with van der Waals surface area (Å²) in [6.07, 6.45) is 2.53. The Morgan fingerprint density at radius 3 is 2.38 bits per heavy atom. The van der Waals surface area contributed by atoms with Gasteiger partial charge in [-0.15, -0.1) is 0 Å². The van der Waals surface area contributed by atoms with Crippen molar-refractivity contribution in [3.63, 3.8) is 0 Å². The van der Waals surface area contributed by atoms with Crippen LogP contribution in [0.2, 0.25) is 0 Å². The number of hydrogen-bond donors (Lipinski definition) is 0. The molecule has 1 heteroatoms. The highest BCUT2D eigenvalue weighted by Crippen LogP contribution is 2.41. The Hall–Kier alpha value is -0.300. The fraction of sp³-hybridized carbons (Fsp3) is 0.667. The molecule has 0 aliphatic rings. The van der Waals surface area contributed by atoms with Crippen LogP contribution in [0, 0.1) is 5.41 Å². The van der Waals surface area contributed by atoms with Crippen LogP contribution in [0.5, 0.6) is 0 Å². The second-order valence-electron chi connectivity index (χ2n) is 4.14. The van der Waals surface area contributed by atoms with Crippen molar-refractivity contribution in [2.24, 2.45) is 5.41 Å². The lowest BCUT2D eigenvalue weighted by Crippen LogP contribution is -2.21. The van der Waals surface area contributed by atoms with E-state index in [2.05, 4.69) is 44.5 Å². The van der Waals surface area contributed by atoms with Crippen molar-refractivity contribution in [3.8, 4) is 0 Å². The predicted octanol–water partition coefficient (Wildman–Crippen LogP) is 4.68. The number of thiophene rings is 1. The van der Waals surface area contributed by atoms with E-state index in [4.69, 9.17) is 0 Å². The van der Waals surface area contributed by atoms with Gasteiger partial charge in [0, 0.05) is 0 Å². The van der Waals surface area contributed by atoms with Crippen molar-refractivity contribution in [1.82, 2.24) is 0 Å². The van der Waals surface area contributed by atoms with Crippen LogP contribution in [0.25, 0.3) is 0 Å². The van der Waals surface area contributed by atoms with E-state index in [-0.39, 0.29) is 0 Å². The van der Waals surface area contributed by atoms with Gasteiger partial charge < -0.3 is 0 Å². The third kappa shape index (κ3) is 2.14. The highest BCUT2D eigenvalue weighted by Gasteiger charge is 2.28. The number of rotatable bonds is 4. The predicted molar refractivity (Wildman–Crippen MR) is 61.4 cm³/mol. The molecule has 1 heterocycles. The van der Waals surface area contributed by atoms with Crippen LogP contribution in [0.15, 0.2) is 16.8 Å². The maximum atomic E-state index is 2.40. The second kappa shape index (κ2) is 4.28. The van der Waals surface area contributed by atoms with E-state index in [1.165, 1.54) is 18.4 Å². The summed E-state index contributed by atoms with van der Waals surface area (Å²) < 4.78 is 0. The van der Waals surface area contributed by atoms with Crippen LogP contribution in [0.4, 0.5) is 0 Å². The zero-order valence-corrected chi connectivity index (χ0v) is 9.95. The first-order valence-corrected chi connectivity index (χ1v) is 6.10. The molecule has 0 fully saturated rings. The third-order valence-electron chi connectivity index (χ3n) is 3.70. The van der Waals surface area contributed by atoms with Crippen molar-refractivity contribution in [1.29, 1.82) is 0 Å². The molecule has 0 aromatic carbocycles. The van der Waals surface area contributed by atoms with Crippen LogP contribution in [-0.4, -0.2) is 0 Å². The van der Waals surface area contributed by atoms with Crippen molar-refractivity contribution in [2.75, 3.05) is 0 Å². The lowest BCUT2D eigenvalue weighted by molar-refractivity contribution is 0.244. The molecule has 0 nitrogen and oxygen atoms in total. The molecule has 1 aromatic rings. The summed E-state index contributed by atoms with van der Waals surface area (Å²) in [7, 11) is 0. The summed E-state index contributed by atoms with van der Waals surface area (Å²) in [6.45, 7) is 9.35. The molecular formula is C12H20S. The van der Waals surface area contributed by atoms with Crippen molar-refractivity contribution < 1.29 is 0 Å². The lowest BCUT2D eigenvalue weighted by Gasteiger charge is -2.33. The van der Waals surface area contributed by atoms with Gasteiger partial charge in [-0.3, -0.25) is 0 Å². The molecule has 0 spiro atoms. The zero-order chi connectivity index (χ0) is 9.90. The topological polar surface area (TPSA) is 0 Å². The van der Waals surface area contributed by atoms with Crippen molar-refractivity contribution in [2.45, 2.75) is 46.5 Å². The summed E-state index contributed by atoms with van der Waals surface area (Å²) >= 11 is 1.81. The van der Waals surface area contributed by atoms with Gasteiger partial charge in [0.25, 0.3) is 0 Å². The molecule has 0 saturated carbocycles. The van der Waals surface area contributed by atoms with E-state index < -0.39 is 0 Å². The Morgan fingerprint density at radius 1 is 1.38 bits per heavy atom. The van der Waals surface area contributed by atoms with E-state index in [0.29, 0.717) is 11.3 Å². The monoisotopic (exact) mass is 196 g/mol. The first kappa shape index (κ1) is 10.8. The first-order valence-electron chi connectivity index (χ1n) is 5.16. The first-order chi connectivity index (χ1) is 6.14. The van der Waals surface area contributed by atoms with E-state index >= 15 is 0 Å². The Kier molecular flexibility index (Phi) is 3.55. The minimum Gasteiger partial charge on any atom is -0.152 e.